The highest BCUT2D eigenvalue weighted by molar-refractivity contribution is 5.97. The van der Waals surface area contributed by atoms with Crippen LogP contribution in [0.5, 0.6) is 11.5 Å². The molecule has 27 heavy (non-hydrogen) atoms. The van der Waals surface area contributed by atoms with E-state index in [0.29, 0.717) is 36.0 Å². The van der Waals surface area contributed by atoms with Gasteiger partial charge in [0.2, 0.25) is 0 Å². The lowest BCUT2D eigenvalue weighted by atomic mass is 9.49. The number of fused-ring (bicyclic) bond motifs is 5. The summed E-state index contributed by atoms with van der Waals surface area (Å²) in [6.07, 6.45) is 1.31. The minimum atomic E-state index is -1.03. The van der Waals surface area contributed by atoms with Gasteiger partial charge in [0.25, 0.3) is 0 Å². The third-order valence-electron chi connectivity index (χ3n) is 7.17. The van der Waals surface area contributed by atoms with Crippen molar-refractivity contribution < 1.29 is 29.3 Å². The molecule has 3 atom stereocenters. The smallest absolute Gasteiger partial charge is 0.339 e. The predicted octanol–water partition coefficient (Wildman–Crippen LogP) is 2.81. The number of carbonyl (C=O) groups is 2. The van der Waals surface area contributed by atoms with Crippen molar-refractivity contribution in [3.63, 3.8) is 0 Å². The third-order valence-corrected chi connectivity index (χ3v) is 7.17. The van der Waals surface area contributed by atoms with Crippen LogP contribution in [0.2, 0.25) is 0 Å². The molecular formula is C21H26O6. The summed E-state index contributed by atoms with van der Waals surface area (Å²) in [5.41, 5.74) is 1.10. The molecule has 3 aliphatic rings. The van der Waals surface area contributed by atoms with Crippen LogP contribution in [0.25, 0.3) is 0 Å². The predicted molar refractivity (Wildman–Crippen MR) is 97.1 cm³/mol. The van der Waals surface area contributed by atoms with Crippen molar-refractivity contribution in [2.45, 2.75) is 58.0 Å². The van der Waals surface area contributed by atoms with Gasteiger partial charge in [-0.1, -0.05) is 20.8 Å². The SMILES string of the molecule is COc1c(O)c2c(c3c1[C@@H](O)COC3=O)CC[C@H]1C(C)(C)C(=O)CC[C@]21C. The quantitative estimate of drug-likeness (QED) is 0.734. The Morgan fingerprint density at radius 3 is 2.56 bits per heavy atom. The highest BCUT2D eigenvalue weighted by Gasteiger charge is 2.56. The van der Waals surface area contributed by atoms with E-state index >= 15 is 0 Å². The molecule has 1 aromatic rings. The van der Waals surface area contributed by atoms with Crippen molar-refractivity contribution in [1.29, 1.82) is 0 Å². The number of cyclic esters (lactones) is 1. The van der Waals surface area contributed by atoms with E-state index in [1.807, 2.05) is 13.8 Å². The topological polar surface area (TPSA) is 93.1 Å². The summed E-state index contributed by atoms with van der Waals surface area (Å²) < 4.78 is 10.6. The van der Waals surface area contributed by atoms with Gasteiger partial charge in [-0.3, -0.25) is 4.79 Å². The molecule has 1 heterocycles. The second kappa shape index (κ2) is 5.71. The highest BCUT2D eigenvalue weighted by Crippen LogP contribution is 2.60. The molecule has 1 fully saturated rings. The zero-order chi connectivity index (χ0) is 19.7. The normalized spacial score (nSPS) is 31.4. The van der Waals surface area contributed by atoms with Crippen LogP contribution in [-0.2, 0) is 21.4 Å². The number of hydrogen-bond acceptors (Lipinski definition) is 6. The first-order valence-electron chi connectivity index (χ1n) is 9.49. The summed E-state index contributed by atoms with van der Waals surface area (Å²) in [4.78, 5) is 25.2. The molecule has 0 aromatic heterocycles. The van der Waals surface area contributed by atoms with Gasteiger partial charge in [-0.2, -0.15) is 0 Å². The van der Waals surface area contributed by atoms with Crippen molar-refractivity contribution in [2.24, 2.45) is 11.3 Å². The van der Waals surface area contributed by atoms with Crippen molar-refractivity contribution in [1.82, 2.24) is 0 Å². The van der Waals surface area contributed by atoms with Crippen molar-refractivity contribution in [3.8, 4) is 11.5 Å². The molecule has 2 aliphatic carbocycles. The van der Waals surface area contributed by atoms with Crippen LogP contribution in [0, 0.1) is 11.3 Å². The van der Waals surface area contributed by atoms with Gasteiger partial charge in [-0.25, -0.2) is 4.79 Å². The van der Waals surface area contributed by atoms with Gasteiger partial charge in [0.15, 0.2) is 11.5 Å². The first-order chi connectivity index (χ1) is 12.6. The maximum atomic E-state index is 12.6. The third kappa shape index (κ3) is 2.22. The Kier molecular flexibility index (Phi) is 3.87. The largest absolute Gasteiger partial charge is 0.504 e. The summed E-state index contributed by atoms with van der Waals surface area (Å²) in [6.45, 7) is 5.88. The number of aromatic hydroxyl groups is 1. The van der Waals surface area contributed by atoms with E-state index in [4.69, 9.17) is 9.47 Å². The van der Waals surface area contributed by atoms with E-state index in [1.165, 1.54) is 7.11 Å². The summed E-state index contributed by atoms with van der Waals surface area (Å²) in [5.74, 6) is -0.0653. The van der Waals surface area contributed by atoms with E-state index in [2.05, 4.69) is 6.92 Å². The Bertz CT molecular complexity index is 855. The van der Waals surface area contributed by atoms with Gasteiger partial charge in [-0.15, -0.1) is 0 Å². The fraction of sp³-hybridized carbons (Fsp3) is 0.619. The molecule has 6 heteroatoms. The molecule has 2 N–H and O–H groups in total. The number of hydrogen-bond donors (Lipinski definition) is 2. The average molecular weight is 374 g/mol. The molecule has 0 spiro atoms. The lowest BCUT2D eigenvalue weighted by molar-refractivity contribution is -0.137. The Labute approximate surface area is 158 Å². The molecule has 1 aliphatic heterocycles. The lowest BCUT2D eigenvalue weighted by Crippen LogP contribution is -2.52. The van der Waals surface area contributed by atoms with Crippen LogP contribution in [-0.4, -0.2) is 35.7 Å². The first kappa shape index (κ1) is 18.3. The van der Waals surface area contributed by atoms with E-state index in [-0.39, 0.29) is 29.8 Å². The fourth-order valence-electron chi connectivity index (χ4n) is 5.85. The summed E-state index contributed by atoms with van der Waals surface area (Å²) in [6, 6.07) is 0. The van der Waals surface area contributed by atoms with Crippen LogP contribution < -0.4 is 4.74 Å². The van der Waals surface area contributed by atoms with Gasteiger partial charge >= 0.3 is 5.97 Å². The van der Waals surface area contributed by atoms with Crippen LogP contribution in [0.4, 0.5) is 0 Å². The molecule has 146 valence electrons. The highest BCUT2D eigenvalue weighted by atomic mass is 16.5. The molecule has 0 radical (unpaired) electrons. The molecule has 0 bridgehead atoms. The number of aliphatic hydroxyl groups excluding tert-OH is 1. The monoisotopic (exact) mass is 374 g/mol. The molecular weight excluding hydrogens is 348 g/mol. The van der Waals surface area contributed by atoms with E-state index in [0.717, 1.165) is 12.0 Å². The first-order valence-corrected chi connectivity index (χ1v) is 9.49. The van der Waals surface area contributed by atoms with Crippen LogP contribution in [0.3, 0.4) is 0 Å². The molecule has 4 rings (SSSR count). The van der Waals surface area contributed by atoms with Crippen molar-refractivity contribution in [2.75, 3.05) is 13.7 Å². The molecule has 0 saturated heterocycles. The maximum Gasteiger partial charge on any atom is 0.339 e. The van der Waals surface area contributed by atoms with Gasteiger partial charge in [0, 0.05) is 28.4 Å². The molecule has 0 unspecified atom stereocenters. The van der Waals surface area contributed by atoms with Gasteiger partial charge in [0.1, 0.15) is 18.5 Å². The number of ketones is 1. The molecule has 1 saturated carbocycles. The molecule has 6 nitrogen and oxygen atoms in total. The Hall–Kier alpha value is -2.08. The number of Topliss-reactive ketones (excluding diaryl/α,β-unsaturated/α-hetero) is 1. The number of aliphatic hydroxyl groups is 1. The standard InChI is InChI=1S/C21H26O6/c1-20(2)12-6-5-10-14-15(11(22)9-27-19(14)25)18(26-4)17(24)16(10)21(12,3)8-7-13(20)23/h11-12,22,24H,5-9H2,1-4H3/t11-,12-,21-/m0/s1. The Morgan fingerprint density at radius 2 is 1.89 bits per heavy atom. The minimum absolute atomic E-state index is 0.0163. The number of esters is 1. The summed E-state index contributed by atoms with van der Waals surface area (Å²) in [5, 5.41) is 21.6. The van der Waals surface area contributed by atoms with Gasteiger partial charge < -0.3 is 19.7 Å². The van der Waals surface area contributed by atoms with E-state index in [9.17, 15) is 19.8 Å². The second-order valence-electron chi connectivity index (χ2n) is 8.79. The maximum absolute atomic E-state index is 12.6. The number of ether oxygens (including phenoxy) is 2. The number of benzene rings is 1. The van der Waals surface area contributed by atoms with Crippen LogP contribution in [0.1, 0.15) is 73.2 Å². The van der Waals surface area contributed by atoms with E-state index < -0.39 is 22.9 Å². The van der Waals surface area contributed by atoms with Gasteiger partial charge in [-0.05, 0) is 30.7 Å². The number of phenolic OH excluding ortho intramolecular Hbond substituents is 1. The summed E-state index contributed by atoms with van der Waals surface area (Å²) >= 11 is 0. The Morgan fingerprint density at radius 1 is 1.19 bits per heavy atom. The van der Waals surface area contributed by atoms with Crippen molar-refractivity contribution >= 4 is 11.8 Å². The number of phenols is 1. The van der Waals surface area contributed by atoms with E-state index in [1.54, 1.807) is 0 Å². The molecule has 0 amide bonds. The number of carbonyl (C=O) groups excluding carboxylic acids is 2. The Balaban J connectivity index is 2.03. The van der Waals surface area contributed by atoms with Crippen molar-refractivity contribution in [3.05, 3.63) is 22.3 Å². The zero-order valence-corrected chi connectivity index (χ0v) is 16.2. The number of rotatable bonds is 1. The zero-order valence-electron chi connectivity index (χ0n) is 16.2. The fourth-order valence-corrected chi connectivity index (χ4v) is 5.85. The van der Waals surface area contributed by atoms with Crippen LogP contribution >= 0.6 is 0 Å². The summed E-state index contributed by atoms with van der Waals surface area (Å²) in [7, 11) is 1.42. The average Bonchev–Trinajstić information content (AvgIpc) is 2.61. The minimum Gasteiger partial charge on any atom is -0.504 e. The van der Waals surface area contributed by atoms with Crippen LogP contribution in [0.15, 0.2) is 0 Å². The second-order valence-corrected chi connectivity index (χ2v) is 8.79. The number of methoxy groups -OCH3 is 1. The lowest BCUT2D eigenvalue weighted by Gasteiger charge is -2.53. The molecule has 1 aromatic carbocycles. The van der Waals surface area contributed by atoms with Gasteiger partial charge in [0.05, 0.1) is 12.7 Å².